The van der Waals surface area contributed by atoms with Crippen LogP contribution < -0.4 is 0 Å². The Morgan fingerprint density at radius 1 is 1.40 bits per heavy atom. The second-order valence-corrected chi connectivity index (χ2v) is 2.77. The Bertz CT molecular complexity index is 200. The largest absolute Gasteiger partial charge is 0.384 e. The molecule has 0 aliphatic rings. The predicted molar refractivity (Wildman–Crippen MR) is 39.5 cm³/mol. The van der Waals surface area contributed by atoms with Crippen molar-refractivity contribution in [2.75, 3.05) is 0 Å². The average Bonchev–Trinajstić information content (AvgIpc) is 1.88. The number of hydrogen-bond acceptors (Lipinski definition) is 2. The van der Waals surface area contributed by atoms with Gasteiger partial charge in [0.25, 0.3) is 0 Å². The van der Waals surface area contributed by atoms with Crippen LogP contribution in [0.5, 0.6) is 0 Å². The van der Waals surface area contributed by atoms with Crippen LogP contribution in [-0.2, 0) is 5.60 Å². The molecule has 0 radical (unpaired) electrons. The third-order valence-electron chi connectivity index (χ3n) is 1.29. The van der Waals surface area contributed by atoms with Gasteiger partial charge in [0.05, 0.1) is 5.69 Å². The zero-order valence-corrected chi connectivity index (χ0v) is 6.20. The van der Waals surface area contributed by atoms with E-state index in [0.29, 0.717) is 5.69 Å². The first-order chi connectivity index (χ1) is 4.61. The first kappa shape index (κ1) is 7.22. The Morgan fingerprint density at radius 2 is 2.10 bits per heavy atom. The lowest BCUT2D eigenvalue weighted by Crippen LogP contribution is -2.16. The molecule has 10 heavy (non-hydrogen) atoms. The third kappa shape index (κ3) is 1.54. The third-order valence-corrected chi connectivity index (χ3v) is 1.29. The fourth-order valence-corrected chi connectivity index (χ4v) is 0.725. The van der Waals surface area contributed by atoms with Gasteiger partial charge in [-0.2, -0.15) is 0 Å². The van der Waals surface area contributed by atoms with Crippen molar-refractivity contribution in [2.45, 2.75) is 19.4 Å². The van der Waals surface area contributed by atoms with Crippen molar-refractivity contribution in [3.63, 3.8) is 0 Å². The Hall–Kier alpha value is -0.890. The van der Waals surface area contributed by atoms with Crippen LogP contribution in [0, 0.1) is 0 Å². The summed E-state index contributed by atoms with van der Waals surface area (Å²) in [4.78, 5) is 4.00. The summed E-state index contributed by atoms with van der Waals surface area (Å²) in [7, 11) is 0. The van der Waals surface area contributed by atoms with Gasteiger partial charge in [-0.1, -0.05) is 6.07 Å². The van der Waals surface area contributed by atoms with Crippen molar-refractivity contribution in [3.05, 3.63) is 30.1 Å². The van der Waals surface area contributed by atoms with E-state index >= 15 is 0 Å². The second-order valence-electron chi connectivity index (χ2n) is 2.77. The molecule has 0 aliphatic heterocycles. The highest BCUT2D eigenvalue weighted by Gasteiger charge is 2.15. The van der Waals surface area contributed by atoms with Gasteiger partial charge < -0.3 is 5.11 Å². The number of aromatic nitrogens is 1. The smallest absolute Gasteiger partial charge is 0.101 e. The highest BCUT2D eigenvalue weighted by molar-refractivity contribution is 5.09. The van der Waals surface area contributed by atoms with Gasteiger partial charge >= 0.3 is 0 Å². The molecule has 0 saturated heterocycles. The van der Waals surface area contributed by atoms with Crippen molar-refractivity contribution in [1.82, 2.24) is 4.98 Å². The molecule has 0 unspecified atom stereocenters. The van der Waals surface area contributed by atoms with E-state index < -0.39 is 5.60 Å². The molecule has 0 aliphatic carbocycles. The zero-order valence-electron chi connectivity index (χ0n) is 6.20. The van der Waals surface area contributed by atoms with Crippen LogP contribution in [0.3, 0.4) is 0 Å². The van der Waals surface area contributed by atoms with Crippen molar-refractivity contribution >= 4 is 0 Å². The fourth-order valence-electron chi connectivity index (χ4n) is 0.725. The molecule has 54 valence electrons. The van der Waals surface area contributed by atoms with Gasteiger partial charge in [0, 0.05) is 6.20 Å². The summed E-state index contributed by atoms with van der Waals surface area (Å²) in [5.74, 6) is 0. The van der Waals surface area contributed by atoms with E-state index in [1.807, 2.05) is 12.1 Å². The zero-order chi connectivity index (χ0) is 7.61. The van der Waals surface area contributed by atoms with E-state index in [4.69, 9.17) is 0 Å². The van der Waals surface area contributed by atoms with Crippen LogP contribution in [-0.4, -0.2) is 10.1 Å². The molecule has 0 spiro atoms. The van der Waals surface area contributed by atoms with Gasteiger partial charge in [-0.15, -0.1) is 0 Å². The van der Waals surface area contributed by atoms with Gasteiger partial charge in [0.2, 0.25) is 0 Å². The van der Waals surface area contributed by atoms with Crippen LogP contribution in [0.25, 0.3) is 0 Å². The Labute approximate surface area is 60.5 Å². The molecule has 1 N–H and O–H groups in total. The lowest BCUT2D eigenvalue weighted by molar-refractivity contribution is 0.0738. The molecule has 2 nitrogen and oxygen atoms in total. The monoisotopic (exact) mass is 137 g/mol. The topological polar surface area (TPSA) is 33.1 Å². The Balaban J connectivity index is 2.97. The summed E-state index contributed by atoms with van der Waals surface area (Å²) in [5.41, 5.74) is -0.114. The SMILES string of the molecule is CC(C)(O)c1ccccn1. The number of rotatable bonds is 1. The van der Waals surface area contributed by atoms with Crippen molar-refractivity contribution in [1.29, 1.82) is 0 Å². The molecule has 1 aromatic rings. The standard InChI is InChI=1S/C8H11NO/c1-8(2,10)7-5-3-4-6-9-7/h3-6,10H,1-2H3. The minimum absolute atomic E-state index is 0.704. The summed E-state index contributed by atoms with van der Waals surface area (Å²) in [5, 5.41) is 9.43. The summed E-state index contributed by atoms with van der Waals surface area (Å²) in [6, 6.07) is 5.50. The molecule has 0 bridgehead atoms. The van der Waals surface area contributed by atoms with Crippen molar-refractivity contribution in [3.8, 4) is 0 Å². The molecule has 0 saturated carbocycles. The first-order valence-electron chi connectivity index (χ1n) is 3.24. The molecular formula is C8H11NO. The number of nitrogens with zero attached hydrogens (tertiary/aromatic N) is 1. The van der Waals surface area contributed by atoms with Crippen LogP contribution in [0.2, 0.25) is 0 Å². The van der Waals surface area contributed by atoms with E-state index in [2.05, 4.69) is 4.98 Å². The summed E-state index contributed by atoms with van der Waals surface area (Å²) >= 11 is 0. The van der Waals surface area contributed by atoms with E-state index in [-0.39, 0.29) is 0 Å². The second kappa shape index (κ2) is 2.39. The molecule has 0 amide bonds. The first-order valence-corrected chi connectivity index (χ1v) is 3.24. The lowest BCUT2D eigenvalue weighted by atomic mass is 10.1. The molecule has 1 rings (SSSR count). The predicted octanol–water partition coefficient (Wildman–Crippen LogP) is 1.31. The summed E-state index contributed by atoms with van der Waals surface area (Å²) in [6.45, 7) is 3.44. The quantitative estimate of drug-likeness (QED) is 0.633. The molecule has 1 heterocycles. The summed E-state index contributed by atoms with van der Waals surface area (Å²) in [6.07, 6.45) is 1.67. The normalized spacial score (nSPS) is 11.5. The van der Waals surface area contributed by atoms with E-state index in [0.717, 1.165) is 0 Å². The minimum Gasteiger partial charge on any atom is -0.384 e. The van der Waals surface area contributed by atoms with Gasteiger partial charge in [-0.05, 0) is 26.0 Å². The van der Waals surface area contributed by atoms with Crippen LogP contribution in [0.4, 0.5) is 0 Å². The lowest BCUT2D eigenvalue weighted by Gasteiger charge is -2.15. The fraction of sp³-hybridized carbons (Fsp3) is 0.375. The molecule has 0 aromatic carbocycles. The maximum atomic E-state index is 9.43. The van der Waals surface area contributed by atoms with Gasteiger partial charge in [-0.25, -0.2) is 0 Å². The van der Waals surface area contributed by atoms with Crippen molar-refractivity contribution in [2.24, 2.45) is 0 Å². The van der Waals surface area contributed by atoms with Crippen LogP contribution in [0.1, 0.15) is 19.5 Å². The molecule has 0 fully saturated rings. The van der Waals surface area contributed by atoms with E-state index in [9.17, 15) is 5.11 Å². The molecule has 2 heteroatoms. The maximum Gasteiger partial charge on any atom is 0.101 e. The van der Waals surface area contributed by atoms with Gasteiger partial charge in [0.1, 0.15) is 5.60 Å². The van der Waals surface area contributed by atoms with Gasteiger partial charge in [0.15, 0.2) is 0 Å². The number of pyridine rings is 1. The van der Waals surface area contributed by atoms with Gasteiger partial charge in [-0.3, -0.25) is 4.98 Å². The highest BCUT2D eigenvalue weighted by Crippen LogP contribution is 2.15. The highest BCUT2D eigenvalue weighted by atomic mass is 16.3. The molecule has 1 aromatic heterocycles. The Morgan fingerprint density at radius 3 is 2.40 bits per heavy atom. The molecular weight excluding hydrogens is 126 g/mol. The Kier molecular flexibility index (Phi) is 1.72. The van der Waals surface area contributed by atoms with Crippen molar-refractivity contribution < 1.29 is 5.11 Å². The van der Waals surface area contributed by atoms with E-state index in [1.165, 1.54) is 0 Å². The number of hydrogen-bond donors (Lipinski definition) is 1. The summed E-state index contributed by atoms with van der Waals surface area (Å²) < 4.78 is 0. The average molecular weight is 137 g/mol. The minimum atomic E-state index is -0.818. The maximum absolute atomic E-state index is 9.43. The van der Waals surface area contributed by atoms with E-state index in [1.54, 1.807) is 26.1 Å². The number of aliphatic hydroxyl groups is 1. The van der Waals surface area contributed by atoms with Crippen LogP contribution in [0.15, 0.2) is 24.4 Å². The molecule has 0 atom stereocenters. The van der Waals surface area contributed by atoms with Crippen LogP contribution >= 0.6 is 0 Å².